The minimum absolute atomic E-state index is 0.0997. The number of aryl methyl sites for hydroxylation is 1. The summed E-state index contributed by atoms with van der Waals surface area (Å²) in [4.78, 5) is 3.40. The molecule has 0 saturated carbocycles. The van der Waals surface area contributed by atoms with Crippen molar-refractivity contribution in [1.82, 2.24) is 10.1 Å². The third-order valence-electron chi connectivity index (χ3n) is 1.07. The lowest BCUT2D eigenvalue weighted by molar-refractivity contribution is -0.134. The molecule has 0 aliphatic rings. The molecule has 0 amide bonds. The van der Waals surface area contributed by atoms with Crippen molar-refractivity contribution >= 4 is 11.6 Å². The molecule has 0 aliphatic heterocycles. The van der Waals surface area contributed by atoms with Crippen molar-refractivity contribution in [3.63, 3.8) is 0 Å². The van der Waals surface area contributed by atoms with E-state index in [0.29, 0.717) is 0 Å². The lowest BCUT2D eigenvalue weighted by Crippen LogP contribution is -2.08. The molecule has 1 aromatic heterocycles. The summed E-state index contributed by atoms with van der Waals surface area (Å²) in [6.07, 6.45) is -5.52. The number of aromatic nitrogens is 2. The summed E-state index contributed by atoms with van der Waals surface area (Å²) in [5, 5.41) is 2.96. The van der Waals surface area contributed by atoms with E-state index in [9.17, 15) is 13.2 Å². The molecular formula is C5H4ClF3N2O. The van der Waals surface area contributed by atoms with Gasteiger partial charge in [-0.3, -0.25) is 0 Å². The van der Waals surface area contributed by atoms with Crippen molar-refractivity contribution in [2.45, 2.75) is 19.0 Å². The van der Waals surface area contributed by atoms with E-state index in [0.717, 1.165) is 0 Å². The van der Waals surface area contributed by atoms with Gasteiger partial charge in [0, 0.05) is 6.42 Å². The molecule has 0 spiro atoms. The first kappa shape index (κ1) is 9.31. The van der Waals surface area contributed by atoms with E-state index in [1.54, 1.807) is 0 Å². The topological polar surface area (TPSA) is 38.9 Å². The van der Waals surface area contributed by atoms with Crippen LogP contribution >= 0.6 is 11.6 Å². The average Bonchev–Trinajstić information content (AvgIpc) is 2.30. The van der Waals surface area contributed by atoms with Gasteiger partial charge in [0.05, 0.1) is 6.42 Å². The Balaban J connectivity index is 2.44. The maximum Gasteiger partial charge on any atom is 0.389 e. The van der Waals surface area contributed by atoms with E-state index in [1.807, 2.05) is 0 Å². The van der Waals surface area contributed by atoms with Gasteiger partial charge in [0.2, 0.25) is 5.89 Å². The van der Waals surface area contributed by atoms with Crippen molar-refractivity contribution in [3.8, 4) is 0 Å². The molecule has 3 nitrogen and oxygen atoms in total. The smallest absolute Gasteiger partial charge is 0.338 e. The van der Waals surface area contributed by atoms with Crippen LogP contribution in [0.3, 0.4) is 0 Å². The van der Waals surface area contributed by atoms with E-state index >= 15 is 0 Å². The Kier molecular flexibility index (Phi) is 2.56. The van der Waals surface area contributed by atoms with Gasteiger partial charge in [0.15, 0.2) is 0 Å². The maximum absolute atomic E-state index is 11.6. The van der Waals surface area contributed by atoms with Crippen LogP contribution in [0.4, 0.5) is 13.2 Å². The van der Waals surface area contributed by atoms with Crippen LogP contribution in [0.2, 0.25) is 5.28 Å². The highest BCUT2D eigenvalue weighted by Gasteiger charge is 2.27. The van der Waals surface area contributed by atoms with Crippen molar-refractivity contribution in [2.24, 2.45) is 0 Å². The van der Waals surface area contributed by atoms with Gasteiger partial charge in [-0.05, 0) is 16.8 Å². The van der Waals surface area contributed by atoms with Gasteiger partial charge in [0.1, 0.15) is 0 Å². The minimum Gasteiger partial charge on any atom is -0.338 e. The van der Waals surface area contributed by atoms with E-state index in [4.69, 9.17) is 11.6 Å². The maximum atomic E-state index is 11.6. The van der Waals surface area contributed by atoms with Crippen LogP contribution in [-0.4, -0.2) is 16.3 Å². The summed E-state index contributed by atoms with van der Waals surface area (Å²) in [6, 6.07) is 0. The molecule has 0 N–H and O–H groups in total. The van der Waals surface area contributed by atoms with Crippen molar-refractivity contribution < 1.29 is 17.7 Å². The summed E-state index contributed by atoms with van der Waals surface area (Å²) >= 11 is 5.21. The van der Waals surface area contributed by atoms with Crippen LogP contribution in [0.5, 0.6) is 0 Å². The summed E-state index contributed by atoms with van der Waals surface area (Å²) < 4.78 is 39.2. The SMILES string of the molecule is FC(F)(F)CCc1nc(Cl)no1. The lowest BCUT2D eigenvalue weighted by Gasteiger charge is -2.01. The molecule has 68 valence electrons. The van der Waals surface area contributed by atoms with E-state index in [1.165, 1.54) is 0 Å². The van der Waals surface area contributed by atoms with E-state index in [-0.39, 0.29) is 17.6 Å². The fourth-order valence-electron chi connectivity index (χ4n) is 0.584. The molecule has 0 fully saturated rings. The normalized spacial score (nSPS) is 12.0. The van der Waals surface area contributed by atoms with Crippen LogP contribution in [0.25, 0.3) is 0 Å². The molecule has 0 unspecified atom stereocenters. The van der Waals surface area contributed by atoms with Gasteiger partial charge >= 0.3 is 6.18 Å². The fourth-order valence-corrected chi connectivity index (χ4v) is 0.713. The Morgan fingerprint density at radius 1 is 1.42 bits per heavy atom. The van der Waals surface area contributed by atoms with E-state index < -0.39 is 12.6 Å². The standard InChI is InChI=1S/C5H4ClF3N2O/c6-4-10-3(12-11-4)1-2-5(7,8)9/h1-2H2. The second-order valence-electron chi connectivity index (χ2n) is 2.07. The molecule has 0 atom stereocenters. The molecule has 0 aromatic carbocycles. The third kappa shape index (κ3) is 3.08. The molecule has 0 radical (unpaired) electrons. The minimum atomic E-state index is -4.21. The zero-order valence-corrected chi connectivity index (χ0v) is 6.48. The molecule has 7 heteroatoms. The Morgan fingerprint density at radius 2 is 2.08 bits per heavy atom. The van der Waals surface area contributed by atoms with Gasteiger partial charge in [-0.1, -0.05) is 0 Å². The van der Waals surface area contributed by atoms with Crippen molar-refractivity contribution in [1.29, 1.82) is 0 Å². The Morgan fingerprint density at radius 3 is 2.50 bits per heavy atom. The second-order valence-corrected chi connectivity index (χ2v) is 2.41. The second kappa shape index (κ2) is 3.30. The Labute approximate surface area is 70.5 Å². The number of alkyl halides is 3. The average molecular weight is 201 g/mol. The number of hydrogen-bond acceptors (Lipinski definition) is 3. The summed E-state index contributed by atoms with van der Waals surface area (Å²) in [7, 11) is 0. The number of rotatable bonds is 2. The molecule has 1 aromatic rings. The predicted molar refractivity (Wildman–Crippen MR) is 33.7 cm³/mol. The first-order valence-electron chi connectivity index (χ1n) is 3.02. The first-order valence-corrected chi connectivity index (χ1v) is 3.40. The summed E-state index contributed by atoms with van der Waals surface area (Å²) in [5.41, 5.74) is 0. The summed E-state index contributed by atoms with van der Waals surface area (Å²) in [5.74, 6) is -0.0997. The number of hydrogen-bond donors (Lipinski definition) is 0. The van der Waals surface area contributed by atoms with Crippen LogP contribution in [0.1, 0.15) is 12.3 Å². The molecular weight excluding hydrogens is 197 g/mol. The molecule has 12 heavy (non-hydrogen) atoms. The quantitative estimate of drug-likeness (QED) is 0.735. The summed E-state index contributed by atoms with van der Waals surface area (Å²) in [6.45, 7) is 0. The predicted octanol–water partition coefficient (Wildman–Crippen LogP) is 2.22. The largest absolute Gasteiger partial charge is 0.389 e. The molecule has 0 aliphatic carbocycles. The van der Waals surface area contributed by atoms with Gasteiger partial charge in [-0.25, -0.2) is 0 Å². The van der Waals surface area contributed by atoms with Gasteiger partial charge in [-0.15, -0.1) is 0 Å². The van der Waals surface area contributed by atoms with Crippen LogP contribution in [0, 0.1) is 0 Å². The highest BCUT2D eigenvalue weighted by Crippen LogP contribution is 2.21. The zero-order chi connectivity index (χ0) is 9.19. The van der Waals surface area contributed by atoms with Gasteiger partial charge in [0.25, 0.3) is 5.28 Å². The molecule has 0 saturated heterocycles. The third-order valence-corrected chi connectivity index (χ3v) is 1.22. The Bertz CT molecular complexity index is 259. The van der Waals surface area contributed by atoms with Crippen molar-refractivity contribution in [3.05, 3.63) is 11.2 Å². The number of halogens is 4. The van der Waals surface area contributed by atoms with Gasteiger partial charge in [-0.2, -0.15) is 18.2 Å². The molecule has 1 rings (SSSR count). The first-order chi connectivity index (χ1) is 5.47. The highest BCUT2D eigenvalue weighted by molar-refractivity contribution is 6.28. The number of nitrogens with zero attached hydrogens (tertiary/aromatic N) is 2. The monoisotopic (exact) mass is 200 g/mol. The Hall–Kier alpha value is -0.780. The van der Waals surface area contributed by atoms with Crippen LogP contribution in [-0.2, 0) is 6.42 Å². The van der Waals surface area contributed by atoms with Crippen LogP contribution < -0.4 is 0 Å². The highest BCUT2D eigenvalue weighted by atomic mass is 35.5. The van der Waals surface area contributed by atoms with Crippen molar-refractivity contribution in [2.75, 3.05) is 0 Å². The van der Waals surface area contributed by atoms with Gasteiger partial charge < -0.3 is 4.52 Å². The lowest BCUT2D eigenvalue weighted by atomic mass is 10.3. The van der Waals surface area contributed by atoms with E-state index in [2.05, 4.69) is 14.7 Å². The van der Waals surface area contributed by atoms with Crippen LogP contribution in [0.15, 0.2) is 4.52 Å². The molecule has 1 heterocycles. The zero-order valence-electron chi connectivity index (χ0n) is 5.73. The fraction of sp³-hybridized carbons (Fsp3) is 0.600. The molecule has 0 bridgehead atoms.